The number of amides is 2. The van der Waals surface area contributed by atoms with Crippen LogP contribution in [-0.4, -0.2) is 59.3 Å². The number of carboxylic acid groups (broad SMARTS) is 1. The summed E-state index contributed by atoms with van der Waals surface area (Å²) >= 11 is 0. The summed E-state index contributed by atoms with van der Waals surface area (Å²) in [7, 11) is 0. The van der Waals surface area contributed by atoms with Crippen LogP contribution in [0.3, 0.4) is 0 Å². The molecule has 63 heavy (non-hydrogen) atoms. The van der Waals surface area contributed by atoms with E-state index in [4.69, 9.17) is 14.9 Å². The number of rotatable bonds is 47. The van der Waals surface area contributed by atoms with E-state index in [2.05, 4.69) is 73.1 Å². The highest BCUT2D eigenvalue weighted by Crippen LogP contribution is 2.19. The third-order valence-corrected chi connectivity index (χ3v) is 11.6. The van der Waals surface area contributed by atoms with Crippen molar-refractivity contribution in [3.63, 3.8) is 0 Å². The van der Waals surface area contributed by atoms with Crippen molar-refractivity contribution in [1.82, 2.24) is 10.6 Å². The van der Waals surface area contributed by atoms with E-state index < -0.39 is 24.5 Å². The smallest absolute Gasteiger partial charge is 0.328 e. The van der Waals surface area contributed by atoms with E-state index >= 15 is 0 Å². The summed E-state index contributed by atoms with van der Waals surface area (Å²) < 4.78 is 6.07. The van der Waals surface area contributed by atoms with Crippen molar-refractivity contribution in [2.24, 2.45) is 0 Å². The Balaban J connectivity index is 4.21. The molecule has 0 bridgehead atoms. The lowest BCUT2D eigenvalue weighted by molar-refractivity contribution is -0.150. The maximum Gasteiger partial charge on any atom is 0.328 e. The molecular formula is C54H96N2O7. The molecule has 0 saturated heterocycles. The van der Waals surface area contributed by atoms with E-state index in [0.29, 0.717) is 19.3 Å². The summed E-state index contributed by atoms with van der Waals surface area (Å²) in [5, 5.41) is 22.6. The summed E-state index contributed by atoms with van der Waals surface area (Å²) in [4.78, 5) is 47.8. The summed E-state index contributed by atoms with van der Waals surface area (Å²) in [5.41, 5.74) is 0. The molecule has 0 fully saturated rings. The maximum absolute atomic E-state index is 12.9. The first kappa shape index (κ1) is 59.8. The zero-order valence-corrected chi connectivity index (χ0v) is 40.6. The summed E-state index contributed by atoms with van der Waals surface area (Å²) in [6.07, 6.45) is 58.6. The molecule has 2 atom stereocenters. The lowest BCUT2D eigenvalue weighted by Gasteiger charge is -2.18. The molecule has 0 aromatic carbocycles. The molecule has 0 heterocycles. The number of carboxylic acids is 1. The lowest BCUT2D eigenvalue weighted by Crippen LogP contribution is -2.47. The standard InChI is InChI=1S/C54H96N2O7/c1-3-5-7-9-11-13-15-17-18-19-20-21-22-23-24-25-26-27-29-31-33-38-42-46-53(60)63-49(43-39-35-32-30-28-16-14-12-10-8-6-4-2)44-40-36-34-37-41-45-51(58)55-47-52(59)56-50(48-57)54(61)62/h5,7,11,13,17-18,20-21,49-50,57H,3-4,6,8-10,12,14-16,19,22-48H2,1-2H3,(H,55,58)(H,56,59)(H,61,62)/b7-5-,13-11-,18-17-,21-20-. The highest BCUT2D eigenvalue weighted by Gasteiger charge is 2.19. The number of hydrogen-bond donors (Lipinski definition) is 4. The molecule has 0 aromatic rings. The minimum absolute atomic E-state index is 0.0157. The number of carbonyl (C=O) groups is 4. The van der Waals surface area contributed by atoms with Crippen molar-refractivity contribution >= 4 is 23.8 Å². The molecule has 0 aliphatic rings. The van der Waals surface area contributed by atoms with E-state index in [1.807, 2.05) is 0 Å². The number of carbonyl (C=O) groups excluding carboxylic acids is 3. The zero-order chi connectivity index (χ0) is 46.1. The molecule has 0 spiro atoms. The van der Waals surface area contributed by atoms with Gasteiger partial charge in [-0.1, -0.05) is 204 Å². The maximum atomic E-state index is 12.9. The normalized spacial score (nSPS) is 12.8. The monoisotopic (exact) mass is 885 g/mol. The number of aliphatic hydroxyl groups excluding tert-OH is 1. The van der Waals surface area contributed by atoms with Crippen LogP contribution in [0.4, 0.5) is 0 Å². The lowest BCUT2D eigenvalue weighted by atomic mass is 10.0. The zero-order valence-electron chi connectivity index (χ0n) is 40.6. The van der Waals surface area contributed by atoms with Crippen molar-refractivity contribution in [2.45, 2.75) is 257 Å². The quantitative estimate of drug-likeness (QED) is 0.0271. The van der Waals surface area contributed by atoms with Gasteiger partial charge in [0, 0.05) is 12.8 Å². The molecule has 9 nitrogen and oxygen atoms in total. The molecule has 0 radical (unpaired) electrons. The molecule has 0 aliphatic heterocycles. The number of aliphatic carboxylic acids is 1. The Kier molecular flexibility index (Phi) is 45.8. The fourth-order valence-corrected chi connectivity index (χ4v) is 7.65. The third-order valence-electron chi connectivity index (χ3n) is 11.6. The predicted octanol–water partition coefficient (Wildman–Crippen LogP) is 13.9. The first-order valence-electron chi connectivity index (χ1n) is 26.0. The largest absolute Gasteiger partial charge is 0.480 e. The molecule has 4 N–H and O–H groups in total. The average Bonchev–Trinajstić information content (AvgIpc) is 3.27. The van der Waals surface area contributed by atoms with Gasteiger partial charge >= 0.3 is 11.9 Å². The van der Waals surface area contributed by atoms with Crippen molar-refractivity contribution < 1.29 is 34.1 Å². The summed E-state index contributed by atoms with van der Waals surface area (Å²) in [5.74, 6) is -2.28. The molecule has 0 aromatic heterocycles. The van der Waals surface area contributed by atoms with Crippen LogP contribution < -0.4 is 10.6 Å². The highest BCUT2D eigenvalue weighted by atomic mass is 16.5. The minimum Gasteiger partial charge on any atom is -0.480 e. The molecule has 2 unspecified atom stereocenters. The number of ether oxygens (including phenoxy) is 1. The fraction of sp³-hybridized carbons (Fsp3) is 0.778. The van der Waals surface area contributed by atoms with Gasteiger partial charge in [0.1, 0.15) is 12.1 Å². The van der Waals surface area contributed by atoms with E-state index in [0.717, 1.165) is 83.5 Å². The van der Waals surface area contributed by atoms with Gasteiger partial charge < -0.3 is 25.6 Å². The van der Waals surface area contributed by atoms with Crippen LogP contribution in [-0.2, 0) is 23.9 Å². The number of allylic oxidation sites excluding steroid dienone is 8. The number of aliphatic hydroxyl groups is 1. The van der Waals surface area contributed by atoms with Gasteiger partial charge in [-0.3, -0.25) is 14.4 Å². The first-order chi connectivity index (χ1) is 30.8. The Hall–Kier alpha value is -3.20. The van der Waals surface area contributed by atoms with Gasteiger partial charge in [0.25, 0.3) is 0 Å². The second-order valence-electron chi connectivity index (χ2n) is 17.6. The second kappa shape index (κ2) is 48.3. The minimum atomic E-state index is -1.38. The Labute approximate surface area is 386 Å². The number of esters is 1. The van der Waals surface area contributed by atoms with Gasteiger partial charge in [-0.15, -0.1) is 0 Å². The van der Waals surface area contributed by atoms with E-state index in [1.165, 1.54) is 128 Å². The van der Waals surface area contributed by atoms with E-state index in [-0.39, 0.29) is 24.5 Å². The van der Waals surface area contributed by atoms with E-state index in [9.17, 15) is 19.2 Å². The topological polar surface area (TPSA) is 142 Å². The van der Waals surface area contributed by atoms with Crippen LogP contribution in [0.2, 0.25) is 0 Å². The van der Waals surface area contributed by atoms with Crippen molar-refractivity contribution in [3.05, 3.63) is 48.6 Å². The van der Waals surface area contributed by atoms with Crippen LogP contribution in [0.5, 0.6) is 0 Å². The number of unbranched alkanes of at least 4 members (excludes halogenated alkanes) is 25. The van der Waals surface area contributed by atoms with Crippen molar-refractivity contribution in [2.75, 3.05) is 13.2 Å². The van der Waals surface area contributed by atoms with Gasteiger partial charge in [0.15, 0.2) is 0 Å². The summed E-state index contributed by atoms with van der Waals surface area (Å²) in [6, 6.07) is -1.38. The van der Waals surface area contributed by atoms with Crippen molar-refractivity contribution in [1.29, 1.82) is 0 Å². The molecule has 0 rings (SSSR count). The summed E-state index contributed by atoms with van der Waals surface area (Å²) in [6.45, 7) is 3.39. The molecular weight excluding hydrogens is 789 g/mol. The third kappa shape index (κ3) is 45.2. The van der Waals surface area contributed by atoms with Gasteiger partial charge in [0.2, 0.25) is 11.8 Å². The fourth-order valence-electron chi connectivity index (χ4n) is 7.65. The Morgan fingerprint density at radius 3 is 1.37 bits per heavy atom. The van der Waals surface area contributed by atoms with Gasteiger partial charge in [-0.05, 0) is 77.0 Å². The predicted molar refractivity (Wildman–Crippen MR) is 264 cm³/mol. The van der Waals surface area contributed by atoms with Gasteiger partial charge in [0.05, 0.1) is 13.2 Å². The van der Waals surface area contributed by atoms with Crippen LogP contribution >= 0.6 is 0 Å². The average molecular weight is 885 g/mol. The van der Waals surface area contributed by atoms with Crippen LogP contribution in [0.1, 0.15) is 245 Å². The molecule has 0 saturated carbocycles. The Bertz CT molecular complexity index is 1200. The molecule has 364 valence electrons. The second-order valence-corrected chi connectivity index (χ2v) is 17.6. The SMILES string of the molecule is CC/C=C\C/C=C\C/C=C\C/C=C\CCCCCCCCCCCCC(=O)OC(CCCCCCCCCCCCCC)CCCCCCCC(=O)NCC(=O)NC(CO)C(=O)O. The number of hydrogen-bond acceptors (Lipinski definition) is 6. The molecule has 9 heteroatoms. The Morgan fingerprint density at radius 1 is 0.492 bits per heavy atom. The Morgan fingerprint density at radius 2 is 0.905 bits per heavy atom. The molecule has 0 aliphatic carbocycles. The van der Waals surface area contributed by atoms with Gasteiger partial charge in [-0.25, -0.2) is 4.79 Å². The van der Waals surface area contributed by atoms with Crippen LogP contribution in [0.25, 0.3) is 0 Å². The van der Waals surface area contributed by atoms with E-state index in [1.54, 1.807) is 0 Å². The van der Waals surface area contributed by atoms with Crippen LogP contribution in [0.15, 0.2) is 48.6 Å². The highest BCUT2D eigenvalue weighted by molar-refractivity contribution is 5.87. The van der Waals surface area contributed by atoms with Crippen LogP contribution in [0, 0.1) is 0 Å². The number of nitrogens with one attached hydrogen (secondary N) is 2. The first-order valence-corrected chi connectivity index (χ1v) is 26.0. The molecule has 2 amide bonds. The van der Waals surface area contributed by atoms with Gasteiger partial charge in [-0.2, -0.15) is 0 Å². The van der Waals surface area contributed by atoms with Crippen molar-refractivity contribution in [3.8, 4) is 0 Å².